The summed E-state index contributed by atoms with van der Waals surface area (Å²) >= 11 is 0. The maximum atomic E-state index is 0. The van der Waals surface area contributed by atoms with Crippen LogP contribution in [0, 0.1) is 0 Å². The second-order valence-electron chi connectivity index (χ2n) is 0. The molecule has 0 aromatic carbocycles. The fourth-order valence-corrected chi connectivity index (χ4v) is 0. The molecule has 0 unspecified atom stereocenters. The summed E-state index contributed by atoms with van der Waals surface area (Å²) < 4.78 is 0. The Balaban J connectivity index is 0. The van der Waals surface area contributed by atoms with E-state index in [1.54, 1.807) is 0 Å². The predicted molar refractivity (Wildman–Crippen MR) is 14.3 cm³/mol. The monoisotopic (exact) mass is 177 g/mol. The first-order chi connectivity index (χ1) is 0. The Kier molecular flexibility index (Phi) is 5070. The van der Waals surface area contributed by atoms with Gasteiger partial charge in [-0.05, 0) is 0 Å². The van der Waals surface area contributed by atoms with Crippen LogP contribution in [0.3, 0.4) is 0 Å². The molecule has 0 fully saturated rings. The molecule has 0 N–H and O–H groups in total. The minimum atomic E-state index is 0. The van der Waals surface area contributed by atoms with Crippen molar-refractivity contribution < 1.29 is 38.7 Å². The van der Waals surface area contributed by atoms with Crippen LogP contribution in [0.2, 0.25) is 0 Å². The molecule has 0 aliphatic heterocycles. The SMILES string of the molecule is [Al+3].[Al+3].[Co+2].[O-2].[O-2].[O-2].[O-2]. The zero-order chi connectivity index (χ0) is 0. The van der Waals surface area contributed by atoms with E-state index in [9.17, 15) is 0 Å². The summed E-state index contributed by atoms with van der Waals surface area (Å²) in [4.78, 5) is 0. The van der Waals surface area contributed by atoms with Crippen LogP contribution in [0.1, 0.15) is 0 Å². The van der Waals surface area contributed by atoms with Crippen molar-refractivity contribution in [2.45, 2.75) is 0 Å². The van der Waals surface area contributed by atoms with Gasteiger partial charge in [-0.3, -0.25) is 0 Å². The van der Waals surface area contributed by atoms with Crippen molar-refractivity contribution in [2.24, 2.45) is 0 Å². The van der Waals surface area contributed by atoms with E-state index in [-0.39, 0.29) is 73.4 Å². The summed E-state index contributed by atoms with van der Waals surface area (Å²) in [5.41, 5.74) is 0. The van der Waals surface area contributed by atoms with Crippen LogP contribution >= 0.6 is 0 Å². The van der Waals surface area contributed by atoms with E-state index < -0.39 is 0 Å². The molecule has 0 saturated heterocycles. The number of hydrogen-bond donors (Lipinski definition) is 0. The van der Waals surface area contributed by atoms with Crippen LogP contribution in [-0.4, -0.2) is 34.7 Å². The summed E-state index contributed by atoms with van der Waals surface area (Å²) in [7, 11) is 0. The molecule has 0 saturated carbocycles. The van der Waals surface area contributed by atoms with Crippen LogP contribution in [0.4, 0.5) is 0 Å². The Morgan fingerprint density at radius 1 is 0.429 bits per heavy atom. The molecule has 39 valence electrons. The summed E-state index contributed by atoms with van der Waals surface area (Å²) in [5, 5.41) is 0. The number of rotatable bonds is 0. The fourth-order valence-electron chi connectivity index (χ4n) is 0. The van der Waals surface area contributed by atoms with Gasteiger partial charge in [-0.25, -0.2) is 0 Å². The van der Waals surface area contributed by atoms with Crippen LogP contribution in [0.15, 0.2) is 0 Å². The molecule has 0 rings (SSSR count). The standard InChI is InChI=1S/2Al.Co.4O/q2*+3;+2;4*-2. The Bertz CT molecular complexity index is 9.65. The number of hydrogen-bond acceptors (Lipinski definition) is 0. The van der Waals surface area contributed by atoms with Crippen LogP contribution in [-0.2, 0) is 38.7 Å². The minimum absolute atomic E-state index is 0. The largest absolute Gasteiger partial charge is 3.00 e. The predicted octanol–water partition coefficient (Wildman–Crippen LogP) is -1.24. The van der Waals surface area contributed by atoms with Crippen LogP contribution in [0.25, 0.3) is 0 Å². The molecular weight excluding hydrogens is 177 g/mol. The first kappa shape index (κ1) is 232. The Hall–Kier alpha value is 1.41. The van der Waals surface area contributed by atoms with Gasteiger partial charge in [-0.15, -0.1) is 0 Å². The molecule has 0 atom stereocenters. The molecule has 4 nitrogen and oxygen atoms in total. The van der Waals surface area contributed by atoms with Gasteiger partial charge in [0.2, 0.25) is 0 Å². The summed E-state index contributed by atoms with van der Waals surface area (Å²) in [6.45, 7) is 0. The maximum Gasteiger partial charge on any atom is 3.00 e. The molecular formula is Al2CoO4. The molecule has 7 heavy (non-hydrogen) atoms. The third-order valence-corrected chi connectivity index (χ3v) is 0. The van der Waals surface area contributed by atoms with Gasteiger partial charge < -0.3 is 21.9 Å². The second-order valence-corrected chi connectivity index (χ2v) is 0. The van der Waals surface area contributed by atoms with Gasteiger partial charge >= 0.3 is 51.5 Å². The van der Waals surface area contributed by atoms with E-state index >= 15 is 0 Å². The van der Waals surface area contributed by atoms with Crippen molar-refractivity contribution in [2.75, 3.05) is 0 Å². The van der Waals surface area contributed by atoms with E-state index in [4.69, 9.17) is 0 Å². The van der Waals surface area contributed by atoms with Gasteiger partial charge in [0.15, 0.2) is 0 Å². The van der Waals surface area contributed by atoms with Gasteiger partial charge in [0.25, 0.3) is 0 Å². The van der Waals surface area contributed by atoms with E-state index in [1.807, 2.05) is 0 Å². The van der Waals surface area contributed by atoms with Gasteiger partial charge in [-0.2, -0.15) is 0 Å². The third-order valence-electron chi connectivity index (χ3n) is 0. The molecule has 1 radical (unpaired) electrons. The van der Waals surface area contributed by atoms with Gasteiger partial charge in [0.1, 0.15) is 0 Å². The summed E-state index contributed by atoms with van der Waals surface area (Å²) in [5.74, 6) is 0. The first-order valence-electron chi connectivity index (χ1n) is 0. The molecule has 0 spiro atoms. The maximum absolute atomic E-state index is 0. The van der Waals surface area contributed by atoms with Crippen molar-refractivity contribution in [3.05, 3.63) is 0 Å². The molecule has 7 heteroatoms. The zero-order valence-electron chi connectivity index (χ0n) is 3.12. The van der Waals surface area contributed by atoms with E-state index in [0.29, 0.717) is 0 Å². The van der Waals surface area contributed by atoms with Gasteiger partial charge in [-0.1, -0.05) is 0 Å². The quantitative estimate of drug-likeness (QED) is 0.411. The fraction of sp³-hybridized carbons (Fsp3) is 0. The average molecular weight is 177 g/mol. The van der Waals surface area contributed by atoms with Crippen molar-refractivity contribution in [3.8, 4) is 0 Å². The van der Waals surface area contributed by atoms with Crippen molar-refractivity contribution in [1.82, 2.24) is 0 Å². The third kappa shape index (κ3) is 109. The molecule has 0 amide bonds. The van der Waals surface area contributed by atoms with Crippen molar-refractivity contribution >= 4 is 34.7 Å². The molecule has 0 aromatic rings. The van der Waals surface area contributed by atoms with Crippen LogP contribution < -0.4 is 0 Å². The zero-order valence-corrected chi connectivity index (χ0v) is 6.47. The van der Waals surface area contributed by atoms with Gasteiger partial charge in [0.05, 0.1) is 0 Å². The molecule has 0 heterocycles. The molecule has 0 aromatic heterocycles. The van der Waals surface area contributed by atoms with E-state index in [1.165, 1.54) is 0 Å². The van der Waals surface area contributed by atoms with E-state index in [2.05, 4.69) is 0 Å². The Morgan fingerprint density at radius 3 is 0.429 bits per heavy atom. The van der Waals surface area contributed by atoms with Gasteiger partial charge in [0, 0.05) is 0 Å². The summed E-state index contributed by atoms with van der Waals surface area (Å²) in [6, 6.07) is 0. The van der Waals surface area contributed by atoms with Crippen molar-refractivity contribution in [3.63, 3.8) is 0 Å². The summed E-state index contributed by atoms with van der Waals surface area (Å²) in [6.07, 6.45) is 0. The van der Waals surface area contributed by atoms with Crippen LogP contribution in [0.5, 0.6) is 0 Å². The Labute approximate surface area is 73.4 Å². The second kappa shape index (κ2) is 153. The average Bonchev–Trinajstić information content (AvgIpc) is 0. The topological polar surface area (TPSA) is 114 Å². The molecule has 0 aliphatic rings. The minimum Gasteiger partial charge on any atom is -2.00 e. The smallest absolute Gasteiger partial charge is 2.00 e. The molecule has 0 aliphatic carbocycles. The van der Waals surface area contributed by atoms with Crippen molar-refractivity contribution in [1.29, 1.82) is 0 Å². The normalized spacial score (nSPS) is 0. The first-order valence-corrected chi connectivity index (χ1v) is 0. The Morgan fingerprint density at radius 2 is 0.429 bits per heavy atom. The molecule has 0 bridgehead atoms. The van der Waals surface area contributed by atoms with E-state index in [0.717, 1.165) is 0 Å².